The molecule has 0 amide bonds. The first-order chi connectivity index (χ1) is 7.38. The highest BCUT2D eigenvalue weighted by Gasteiger charge is 2.34. The number of alkyl halides is 3. The topological polar surface area (TPSA) is 54.9 Å². The molecule has 7 heteroatoms. The number of carbonyl (C=O) groups is 1. The van der Waals surface area contributed by atoms with Gasteiger partial charge in [-0.1, -0.05) is 0 Å². The van der Waals surface area contributed by atoms with Crippen molar-refractivity contribution in [1.82, 2.24) is 9.97 Å². The summed E-state index contributed by atoms with van der Waals surface area (Å²) in [5, 5.41) is 2.34. The number of hydrogen-bond donors (Lipinski definition) is 1. The lowest BCUT2D eigenvalue weighted by molar-refractivity contribution is -0.144. The van der Waals surface area contributed by atoms with E-state index in [1.165, 1.54) is 18.5 Å². The molecule has 0 saturated carbocycles. The molecule has 1 rings (SSSR count). The molecule has 88 valence electrons. The minimum absolute atomic E-state index is 0.00644. The van der Waals surface area contributed by atoms with Crippen molar-refractivity contribution < 1.29 is 18.0 Å². The fourth-order valence-electron chi connectivity index (χ4n) is 1.06. The molecule has 0 spiro atoms. The van der Waals surface area contributed by atoms with Gasteiger partial charge in [0.25, 0.3) is 0 Å². The number of Topliss-reactive ketones (excluding diaryl/α,β-unsaturated/α-hetero) is 1. The Balaban J connectivity index is 2.70. The van der Waals surface area contributed by atoms with Crippen molar-refractivity contribution in [3.05, 3.63) is 18.5 Å². The van der Waals surface area contributed by atoms with Crippen LogP contribution in [0.25, 0.3) is 0 Å². The fourth-order valence-corrected chi connectivity index (χ4v) is 1.06. The van der Waals surface area contributed by atoms with Crippen molar-refractivity contribution in [2.45, 2.75) is 25.6 Å². The van der Waals surface area contributed by atoms with Gasteiger partial charge < -0.3 is 5.32 Å². The Labute approximate surface area is 89.9 Å². The molecular formula is C9H10F3N3O. The van der Waals surface area contributed by atoms with Gasteiger partial charge in [-0.05, 0) is 13.0 Å². The summed E-state index contributed by atoms with van der Waals surface area (Å²) in [7, 11) is 0. The summed E-state index contributed by atoms with van der Waals surface area (Å²) in [6, 6.07) is 0.181. The quantitative estimate of drug-likeness (QED) is 0.861. The Kier molecular flexibility index (Phi) is 3.81. The van der Waals surface area contributed by atoms with Gasteiger partial charge in [0.1, 0.15) is 0 Å². The van der Waals surface area contributed by atoms with Crippen LogP contribution in [0.3, 0.4) is 0 Å². The van der Waals surface area contributed by atoms with Crippen LogP contribution in [0.5, 0.6) is 0 Å². The maximum absolute atomic E-state index is 12.1. The van der Waals surface area contributed by atoms with Gasteiger partial charge >= 0.3 is 6.18 Å². The summed E-state index contributed by atoms with van der Waals surface area (Å²) in [4.78, 5) is 18.4. The molecule has 0 fully saturated rings. The van der Waals surface area contributed by atoms with E-state index < -0.39 is 24.4 Å². The van der Waals surface area contributed by atoms with Crippen molar-refractivity contribution >= 4 is 11.7 Å². The van der Waals surface area contributed by atoms with Crippen LogP contribution < -0.4 is 5.32 Å². The van der Waals surface area contributed by atoms with E-state index in [0.29, 0.717) is 0 Å². The molecule has 1 aromatic heterocycles. The van der Waals surface area contributed by atoms with E-state index in [1.54, 1.807) is 0 Å². The van der Waals surface area contributed by atoms with Crippen molar-refractivity contribution in [3.63, 3.8) is 0 Å². The fraction of sp³-hybridized carbons (Fsp3) is 0.444. The molecule has 0 aliphatic heterocycles. The van der Waals surface area contributed by atoms with E-state index in [-0.39, 0.29) is 5.95 Å². The average Bonchev–Trinajstić information content (AvgIpc) is 2.16. The highest BCUT2D eigenvalue weighted by Crippen LogP contribution is 2.23. The molecule has 1 aromatic rings. The largest absolute Gasteiger partial charge is 0.391 e. The number of aromatic nitrogens is 2. The predicted octanol–water partition coefficient (Wildman–Crippen LogP) is 1.80. The predicted molar refractivity (Wildman–Crippen MR) is 50.8 cm³/mol. The summed E-state index contributed by atoms with van der Waals surface area (Å²) < 4.78 is 36.4. The molecular weight excluding hydrogens is 223 g/mol. The third-order valence-electron chi connectivity index (χ3n) is 1.80. The standard InChI is InChI=1S/C9H10F3N3O/c1-6(16)7(5-9(10,11)12)15-8-13-3-2-4-14-8/h2-4,7H,5H2,1H3,(H,13,14,15). The summed E-state index contributed by atoms with van der Waals surface area (Å²) in [5.74, 6) is -0.600. The lowest BCUT2D eigenvalue weighted by atomic mass is 10.1. The lowest BCUT2D eigenvalue weighted by Crippen LogP contribution is -2.33. The van der Waals surface area contributed by atoms with Gasteiger partial charge in [0.2, 0.25) is 5.95 Å². The highest BCUT2D eigenvalue weighted by atomic mass is 19.4. The van der Waals surface area contributed by atoms with Crippen LogP contribution in [-0.4, -0.2) is 28.0 Å². The summed E-state index contributed by atoms with van der Waals surface area (Å²) >= 11 is 0. The van der Waals surface area contributed by atoms with Crippen molar-refractivity contribution in [2.24, 2.45) is 0 Å². The van der Waals surface area contributed by atoms with Gasteiger partial charge in [-0.25, -0.2) is 9.97 Å². The molecule has 16 heavy (non-hydrogen) atoms. The molecule has 0 aliphatic rings. The number of nitrogens with zero attached hydrogens (tertiary/aromatic N) is 2. The van der Waals surface area contributed by atoms with Gasteiger partial charge in [-0.3, -0.25) is 4.79 Å². The van der Waals surface area contributed by atoms with E-state index in [2.05, 4.69) is 15.3 Å². The normalized spacial score (nSPS) is 13.2. The second-order valence-corrected chi connectivity index (χ2v) is 3.20. The average molecular weight is 233 g/mol. The smallest absolute Gasteiger partial charge is 0.344 e. The van der Waals surface area contributed by atoms with Crippen LogP contribution >= 0.6 is 0 Å². The van der Waals surface area contributed by atoms with E-state index in [9.17, 15) is 18.0 Å². The minimum atomic E-state index is -4.40. The van der Waals surface area contributed by atoms with Crippen molar-refractivity contribution in [2.75, 3.05) is 5.32 Å². The molecule has 0 bridgehead atoms. The van der Waals surface area contributed by atoms with Crippen molar-refractivity contribution in [1.29, 1.82) is 0 Å². The monoisotopic (exact) mass is 233 g/mol. The minimum Gasteiger partial charge on any atom is -0.344 e. The Hall–Kier alpha value is -1.66. The number of ketones is 1. The third-order valence-corrected chi connectivity index (χ3v) is 1.80. The van der Waals surface area contributed by atoms with Crippen LogP contribution in [0.4, 0.5) is 19.1 Å². The summed E-state index contributed by atoms with van der Waals surface area (Å²) in [6.45, 7) is 1.09. The molecule has 0 saturated heterocycles. The summed E-state index contributed by atoms with van der Waals surface area (Å²) in [5.41, 5.74) is 0. The Morgan fingerprint density at radius 1 is 1.44 bits per heavy atom. The number of anilines is 1. The first kappa shape index (κ1) is 12.4. The maximum atomic E-state index is 12.1. The van der Waals surface area contributed by atoms with Crippen LogP contribution in [-0.2, 0) is 4.79 Å². The Morgan fingerprint density at radius 2 is 2.00 bits per heavy atom. The van der Waals surface area contributed by atoms with Gasteiger partial charge in [0.05, 0.1) is 12.5 Å². The highest BCUT2D eigenvalue weighted by molar-refractivity contribution is 5.83. The number of rotatable bonds is 4. The van der Waals surface area contributed by atoms with Gasteiger partial charge in [0, 0.05) is 12.4 Å². The van der Waals surface area contributed by atoms with Crippen LogP contribution in [0.2, 0.25) is 0 Å². The molecule has 1 heterocycles. The SMILES string of the molecule is CC(=O)C(CC(F)(F)F)Nc1ncccn1. The van der Waals surface area contributed by atoms with Crippen LogP contribution in [0.15, 0.2) is 18.5 Å². The molecule has 4 nitrogen and oxygen atoms in total. The molecule has 1 atom stereocenters. The Morgan fingerprint density at radius 3 is 2.44 bits per heavy atom. The maximum Gasteiger partial charge on any atom is 0.391 e. The summed E-state index contributed by atoms with van der Waals surface area (Å²) in [6.07, 6.45) is -2.89. The van der Waals surface area contributed by atoms with E-state index in [4.69, 9.17) is 0 Å². The van der Waals surface area contributed by atoms with Crippen LogP contribution in [0.1, 0.15) is 13.3 Å². The molecule has 0 aromatic carbocycles. The van der Waals surface area contributed by atoms with Crippen molar-refractivity contribution in [3.8, 4) is 0 Å². The molecule has 1 unspecified atom stereocenters. The first-order valence-corrected chi connectivity index (χ1v) is 4.49. The third kappa shape index (κ3) is 4.24. The second-order valence-electron chi connectivity index (χ2n) is 3.20. The molecule has 0 radical (unpaired) electrons. The zero-order valence-electron chi connectivity index (χ0n) is 8.45. The lowest BCUT2D eigenvalue weighted by Gasteiger charge is -2.17. The number of hydrogen-bond acceptors (Lipinski definition) is 4. The number of halogens is 3. The van der Waals surface area contributed by atoms with E-state index in [1.807, 2.05) is 0 Å². The first-order valence-electron chi connectivity index (χ1n) is 4.49. The van der Waals surface area contributed by atoms with E-state index >= 15 is 0 Å². The molecule has 1 N–H and O–H groups in total. The second kappa shape index (κ2) is 4.91. The zero-order chi connectivity index (χ0) is 12.2. The van der Waals surface area contributed by atoms with Gasteiger partial charge in [0.15, 0.2) is 5.78 Å². The van der Waals surface area contributed by atoms with Gasteiger partial charge in [-0.2, -0.15) is 13.2 Å². The number of carbonyl (C=O) groups excluding carboxylic acids is 1. The zero-order valence-corrected chi connectivity index (χ0v) is 8.45. The van der Waals surface area contributed by atoms with Gasteiger partial charge in [-0.15, -0.1) is 0 Å². The van der Waals surface area contributed by atoms with E-state index in [0.717, 1.165) is 6.92 Å². The van der Waals surface area contributed by atoms with Crippen LogP contribution in [0, 0.1) is 0 Å². The number of nitrogens with one attached hydrogen (secondary N) is 1. The molecule has 0 aliphatic carbocycles. The Bertz CT molecular complexity index is 353.